The van der Waals surface area contributed by atoms with Crippen molar-refractivity contribution >= 4 is 23.8 Å². The van der Waals surface area contributed by atoms with Gasteiger partial charge in [0.05, 0.1) is 4.92 Å². The molecule has 0 aliphatic rings. The first-order chi connectivity index (χ1) is 9.25. The zero-order valence-corrected chi connectivity index (χ0v) is 10.0. The molecule has 0 bridgehead atoms. The van der Waals surface area contributed by atoms with Crippen LogP contribution < -0.4 is 0 Å². The van der Waals surface area contributed by atoms with E-state index in [1.807, 2.05) is 18.2 Å². The predicted octanol–water partition coefficient (Wildman–Crippen LogP) is 3.41. The molecule has 0 amide bonds. The maximum Gasteiger partial charge on any atom is 0.269 e. The summed E-state index contributed by atoms with van der Waals surface area (Å²) in [5.74, 6) is 0.635. The van der Waals surface area contributed by atoms with Crippen LogP contribution in [0.2, 0.25) is 0 Å². The van der Waals surface area contributed by atoms with E-state index in [2.05, 4.69) is 9.98 Å². The largest absolute Gasteiger partial charge is 0.269 e. The summed E-state index contributed by atoms with van der Waals surface area (Å²) in [4.78, 5) is 18.3. The molecule has 0 fully saturated rings. The fraction of sp³-hybridized carbons (Fsp3) is 0. The molecular formula is C14H11N3O2. The number of aromatic nitrogens is 1. The van der Waals surface area contributed by atoms with Crippen LogP contribution in [0.25, 0.3) is 6.08 Å². The van der Waals surface area contributed by atoms with Gasteiger partial charge in [-0.2, -0.15) is 0 Å². The van der Waals surface area contributed by atoms with E-state index in [0.717, 1.165) is 5.56 Å². The van der Waals surface area contributed by atoms with Crippen molar-refractivity contribution in [3.63, 3.8) is 0 Å². The number of hydrogen-bond donors (Lipinski definition) is 0. The number of non-ortho nitro benzene ring substituents is 1. The van der Waals surface area contributed by atoms with Crippen molar-refractivity contribution in [2.75, 3.05) is 0 Å². The van der Waals surface area contributed by atoms with Gasteiger partial charge >= 0.3 is 0 Å². The lowest BCUT2D eigenvalue weighted by atomic mass is 10.2. The molecular weight excluding hydrogens is 242 g/mol. The van der Waals surface area contributed by atoms with Gasteiger partial charge in [-0.3, -0.25) is 10.1 Å². The third kappa shape index (κ3) is 3.85. The highest BCUT2D eigenvalue weighted by Gasteiger charge is 2.01. The van der Waals surface area contributed by atoms with E-state index in [9.17, 15) is 10.1 Å². The number of pyridine rings is 1. The molecule has 1 aromatic heterocycles. The van der Waals surface area contributed by atoms with E-state index in [4.69, 9.17) is 0 Å². The van der Waals surface area contributed by atoms with Crippen LogP contribution in [-0.4, -0.2) is 16.1 Å². The Morgan fingerprint density at radius 1 is 1.16 bits per heavy atom. The van der Waals surface area contributed by atoms with Crippen LogP contribution in [0.15, 0.2) is 59.7 Å². The van der Waals surface area contributed by atoms with Gasteiger partial charge < -0.3 is 0 Å². The maximum absolute atomic E-state index is 10.5. The highest BCUT2D eigenvalue weighted by molar-refractivity contribution is 5.80. The molecule has 2 aromatic rings. The summed E-state index contributed by atoms with van der Waals surface area (Å²) in [7, 11) is 0. The van der Waals surface area contributed by atoms with Gasteiger partial charge in [0, 0.05) is 24.5 Å². The summed E-state index contributed by atoms with van der Waals surface area (Å²) in [5.41, 5.74) is 0.956. The predicted molar refractivity (Wildman–Crippen MR) is 74.5 cm³/mol. The molecule has 0 saturated heterocycles. The number of allylic oxidation sites excluding steroid dienone is 1. The van der Waals surface area contributed by atoms with Gasteiger partial charge in [-0.05, 0) is 35.9 Å². The molecule has 1 aromatic carbocycles. The normalized spacial score (nSPS) is 11.2. The minimum Gasteiger partial charge on any atom is -0.258 e. The Balaban J connectivity index is 1.99. The average molecular weight is 253 g/mol. The van der Waals surface area contributed by atoms with Crippen molar-refractivity contribution in [1.82, 2.24) is 4.98 Å². The van der Waals surface area contributed by atoms with Crippen molar-refractivity contribution in [3.05, 3.63) is 70.4 Å². The van der Waals surface area contributed by atoms with Crippen LogP contribution in [0.4, 0.5) is 11.5 Å². The Kier molecular flexibility index (Phi) is 4.12. The zero-order chi connectivity index (χ0) is 13.5. The molecule has 5 nitrogen and oxygen atoms in total. The summed E-state index contributed by atoms with van der Waals surface area (Å²) in [6.45, 7) is 0. The standard InChI is InChI=1S/C14H11N3O2/c18-17(19)13-8-6-12(7-9-13)4-3-11-16-14-5-1-2-10-15-14/h1-11H/b4-3-,16-11?. The van der Waals surface area contributed by atoms with Gasteiger partial charge in [-0.15, -0.1) is 0 Å². The van der Waals surface area contributed by atoms with Crippen molar-refractivity contribution in [1.29, 1.82) is 0 Å². The number of rotatable bonds is 4. The minimum absolute atomic E-state index is 0.0827. The van der Waals surface area contributed by atoms with Crippen LogP contribution in [0.1, 0.15) is 5.56 Å². The number of benzene rings is 1. The van der Waals surface area contributed by atoms with Crippen molar-refractivity contribution in [2.45, 2.75) is 0 Å². The lowest BCUT2D eigenvalue weighted by Gasteiger charge is -1.92. The third-order valence-electron chi connectivity index (χ3n) is 2.33. The third-order valence-corrected chi connectivity index (χ3v) is 2.33. The molecule has 19 heavy (non-hydrogen) atoms. The maximum atomic E-state index is 10.5. The molecule has 1 heterocycles. The monoisotopic (exact) mass is 253 g/mol. The van der Waals surface area contributed by atoms with E-state index < -0.39 is 4.92 Å². The smallest absolute Gasteiger partial charge is 0.258 e. The topological polar surface area (TPSA) is 68.4 Å². The molecule has 0 spiro atoms. The second-order valence-electron chi connectivity index (χ2n) is 3.67. The van der Waals surface area contributed by atoms with E-state index in [0.29, 0.717) is 5.82 Å². The van der Waals surface area contributed by atoms with E-state index in [1.165, 1.54) is 12.1 Å². The molecule has 0 aliphatic heterocycles. The summed E-state index contributed by atoms with van der Waals surface area (Å²) < 4.78 is 0. The molecule has 0 saturated carbocycles. The number of nitro groups is 1. The van der Waals surface area contributed by atoms with Crippen molar-refractivity contribution in [3.8, 4) is 0 Å². The molecule has 2 rings (SSSR count). The number of nitrogens with zero attached hydrogens (tertiary/aromatic N) is 3. The fourth-order valence-corrected chi connectivity index (χ4v) is 1.41. The lowest BCUT2D eigenvalue weighted by molar-refractivity contribution is -0.384. The molecule has 0 atom stereocenters. The highest BCUT2D eigenvalue weighted by atomic mass is 16.6. The second kappa shape index (κ2) is 6.20. The van der Waals surface area contributed by atoms with Gasteiger partial charge in [0.1, 0.15) is 0 Å². The quantitative estimate of drug-likeness (QED) is 0.476. The molecule has 0 unspecified atom stereocenters. The van der Waals surface area contributed by atoms with Crippen LogP contribution in [0.3, 0.4) is 0 Å². The molecule has 94 valence electrons. The SMILES string of the molecule is O=[N+]([O-])c1ccc(/C=C\C=Nc2ccccn2)cc1. The van der Waals surface area contributed by atoms with E-state index in [-0.39, 0.29) is 5.69 Å². The fourth-order valence-electron chi connectivity index (χ4n) is 1.41. The first-order valence-electron chi connectivity index (χ1n) is 5.62. The molecule has 0 aliphatic carbocycles. The van der Waals surface area contributed by atoms with Gasteiger partial charge in [0.2, 0.25) is 0 Å². The van der Waals surface area contributed by atoms with E-state index in [1.54, 1.807) is 36.7 Å². The Morgan fingerprint density at radius 3 is 2.58 bits per heavy atom. The lowest BCUT2D eigenvalue weighted by Crippen LogP contribution is -1.86. The van der Waals surface area contributed by atoms with Crippen molar-refractivity contribution in [2.24, 2.45) is 4.99 Å². The first kappa shape index (κ1) is 12.6. The van der Waals surface area contributed by atoms with Gasteiger partial charge in [0.15, 0.2) is 5.82 Å². The molecule has 0 radical (unpaired) electrons. The summed E-state index contributed by atoms with van der Waals surface area (Å²) in [6, 6.07) is 11.8. The van der Waals surface area contributed by atoms with Gasteiger partial charge in [-0.1, -0.05) is 12.1 Å². The number of nitro benzene ring substituents is 1. The summed E-state index contributed by atoms with van der Waals surface area (Å²) in [6.07, 6.45) is 6.88. The number of hydrogen-bond acceptors (Lipinski definition) is 4. The van der Waals surface area contributed by atoms with Crippen molar-refractivity contribution < 1.29 is 4.92 Å². The average Bonchev–Trinajstić information content (AvgIpc) is 2.45. The highest BCUT2D eigenvalue weighted by Crippen LogP contribution is 2.12. The van der Waals surface area contributed by atoms with E-state index >= 15 is 0 Å². The Labute approximate surface area is 110 Å². The summed E-state index contributed by atoms with van der Waals surface area (Å²) in [5, 5.41) is 10.5. The Morgan fingerprint density at radius 2 is 1.95 bits per heavy atom. The second-order valence-corrected chi connectivity index (χ2v) is 3.67. The van der Waals surface area contributed by atoms with Crippen LogP contribution in [-0.2, 0) is 0 Å². The van der Waals surface area contributed by atoms with Gasteiger partial charge in [-0.25, -0.2) is 9.98 Å². The Hall–Kier alpha value is -2.82. The van der Waals surface area contributed by atoms with Gasteiger partial charge in [0.25, 0.3) is 5.69 Å². The molecule has 5 heteroatoms. The van der Waals surface area contributed by atoms with Crippen LogP contribution >= 0.6 is 0 Å². The van der Waals surface area contributed by atoms with Crippen LogP contribution in [0, 0.1) is 10.1 Å². The minimum atomic E-state index is -0.421. The Bertz CT molecular complexity index is 604. The van der Waals surface area contributed by atoms with Crippen LogP contribution in [0.5, 0.6) is 0 Å². The number of aliphatic imine (C=N–C) groups is 1. The first-order valence-corrected chi connectivity index (χ1v) is 5.62. The summed E-state index contributed by atoms with van der Waals surface area (Å²) >= 11 is 0. The molecule has 0 N–H and O–H groups in total. The zero-order valence-electron chi connectivity index (χ0n) is 10.0.